The molecule has 0 radical (unpaired) electrons. The van der Waals surface area contributed by atoms with Crippen LogP contribution in [0.1, 0.15) is 43.8 Å². The van der Waals surface area contributed by atoms with E-state index in [1.54, 1.807) is 0 Å². The second-order valence-electron chi connectivity index (χ2n) is 3.39. The third-order valence-corrected chi connectivity index (χ3v) is 2.08. The first-order chi connectivity index (χ1) is 6.27. The molecule has 1 heterocycles. The number of rotatable bonds is 4. The molecule has 2 nitrogen and oxygen atoms in total. The summed E-state index contributed by atoms with van der Waals surface area (Å²) in [5.41, 5.74) is 2.58. The summed E-state index contributed by atoms with van der Waals surface area (Å²) in [6.07, 6.45) is 6.50. The van der Waals surface area contributed by atoms with Crippen molar-refractivity contribution in [3.05, 3.63) is 23.3 Å². The molecule has 0 saturated heterocycles. The van der Waals surface area contributed by atoms with Crippen LogP contribution in [-0.4, -0.2) is 9.97 Å². The summed E-state index contributed by atoms with van der Waals surface area (Å²) >= 11 is 0. The van der Waals surface area contributed by atoms with Crippen molar-refractivity contribution in [3.8, 4) is 0 Å². The number of nitrogens with zero attached hydrogens (tertiary/aromatic N) is 2. The smallest absolute Gasteiger partial charge is 0.125 e. The van der Waals surface area contributed by atoms with Crippen LogP contribution in [0.2, 0.25) is 0 Å². The van der Waals surface area contributed by atoms with Crippen LogP contribution in [0, 0.1) is 6.92 Å². The third kappa shape index (κ3) is 2.79. The molecule has 0 saturated carbocycles. The minimum atomic E-state index is 0.892. The van der Waals surface area contributed by atoms with Gasteiger partial charge in [0.15, 0.2) is 0 Å². The molecule has 1 aromatic rings. The lowest BCUT2D eigenvalue weighted by atomic mass is 10.1. The quantitative estimate of drug-likeness (QED) is 0.708. The van der Waals surface area contributed by atoms with Gasteiger partial charge in [-0.25, -0.2) is 9.97 Å². The molecule has 0 N–H and O–H groups in total. The zero-order chi connectivity index (χ0) is 9.68. The average Bonchev–Trinajstić information content (AvgIpc) is 2.10. The summed E-state index contributed by atoms with van der Waals surface area (Å²) in [4.78, 5) is 8.70. The zero-order valence-electron chi connectivity index (χ0n) is 8.80. The van der Waals surface area contributed by atoms with E-state index in [-0.39, 0.29) is 0 Å². The fraction of sp³-hybridized carbons (Fsp3) is 0.636. The van der Waals surface area contributed by atoms with E-state index < -0.39 is 0 Å². The van der Waals surface area contributed by atoms with Gasteiger partial charge in [-0.2, -0.15) is 0 Å². The normalized spacial score (nSPS) is 10.4. The molecule has 0 aromatic carbocycles. The van der Waals surface area contributed by atoms with E-state index in [4.69, 9.17) is 0 Å². The molecular formula is C11H18N2. The Morgan fingerprint density at radius 3 is 2.46 bits per heavy atom. The Morgan fingerprint density at radius 1 is 1.15 bits per heavy atom. The van der Waals surface area contributed by atoms with Crippen LogP contribution in [0.15, 0.2) is 6.20 Å². The summed E-state index contributed by atoms with van der Waals surface area (Å²) in [6.45, 7) is 6.33. The number of aromatic nitrogens is 2. The molecule has 0 amide bonds. The molecule has 0 atom stereocenters. The van der Waals surface area contributed by atoms with Crippen LogP contribution in [0.5, 0.6) is 0 Å². The molecule has 0 aliphatic heterocycles. The Morgan fingerprint density at radius 2 is 1.85 bits per heavy atom. The summed E-state index contributed by atoms with van der Waals surface area (Å²) in [5.74, 6) is 0.892. The molecule has 72 valence electrons. The first-order valence-corrected chi connectivity index (χ1v) is 5.09. The zero-order valence-corrected chi connectivity index (χ0v) is 8.80. The topological polar surface area (TPSA) is 25.8 Å². The van der Waals surface area contributed by atoms with Gasteiger partial charge in [0.1, 0.15) is 5.82 Å². The highest BCUT2D eigenvalue weighted by molar-refractivity contribution is 5.17. The predicted molar refractivity (Wildman–Crippen MR) is 54.8 cm³/mol. The van der Waals surface area contributed by atoms with E-state index in [0.29, 0.717) is 0 Å². The van der Waals surface area contributed by atoms with Crippen molar-refractivity contribution in [1.29, 1.82) is 0 Å². The Kier molecular flexibility index (Phi) is 3.87. The van der Waals surface area contributed by atoms with E-state index in [1.165, 1.54) is 17.7 Å². The van der Waals surface area contributed by atoms with Crippen molar-refractivity contribution >= 4 is 0 Å². The van der Waals surface area contributed by atoms with Crippen LogP contribution in [0.3, 0.4) is 0 Å². The molecule has 0 aliphatic carbocycles. The standard InChI is InChI=1S/C11H18N2/c1-4-6-10-8-12-9(3)13-11(10)7-5-2/h8H,4-7H2,1-3H3. The van der Waals surface area contributed by atoms with E-state index in [1.807, 2.05) is 13.1 Å². The molecule has 0 spiro atoms. The van der Waals surface area contributed by atoms with Gasteiger partial charge in [-0.15, -0.1) is 0 Å². The van der Waals surface area contributed by atoms with Crippen molar-refractivity contribution in [1.82, 2.24) is 9.97 Å². The van der Waals surface area contributed by atoms with E-state index in [0.717, 1.165) is 25.1 Å². The fourth-order valence-electron chi connectivity index (χ4n) is 1.47. The molecule has 1 rings (SSSR count). The van der Waals surface area contributed by atoms with Crippen LogP contribution < -0.4 is 0 Å². The fourth-order valence-corrected chi connectivity index (χ4v) is 1.47. The van der Waals surface area contributed by atoms with Crippen molar-refractivity contribution in [2.45, 2.75) is 46.5 Å². The highest BCUT2D eigenvalue weighted by atomic mass is 14.9. The molecular weight excluding hydrogens is 160 g/mol. The lowest BCUT2D eigenvalue weighted by Crippen LogP contribution is -2.01. The first-order valence-electron chi connectivity index (χ1n) is 5.09. The molecule has 2 heteroatoms. The number of hydrogen-bond acceptors (Lipinski definition) is 2. The molecule has 13 heavy (non-hydrogen) atoms. The summed E-state index contributed by atoms with van der Waals surface area (Å²) in [6, 6.07) is 0. The van der Waals surface area contributed by atoms with Crippen molar-refractivity contribution < 1.29 is 0 Å². The van der Waals surface area contributed by atoms with Crippen LogP contribution in [0.25, 0.3) is 0 Å². The second kappa shape index (κ2) is 4.95. The van der Waals surface area contributed by atoms with Crippen molar-refractivity contribution in [3.63, 3.8) is 0 Å². The van der Waals surface area contributed by atoms with Gasteiger partial charge in [-0.3, -0.25) is 0 Å². The largest absolute Gasteiger partial charge is 0.241 e. The van der Waals surface area contributed by atoms with Crippen LogP contribution >= 0.6 is 0 Å². The highest BCUT2D eigenvalue weighted by Crippen LogP contribution is 2.10. The van der Waals surface area contributed by atoms with Gasteiger partial charge >= 0.3 is 0 Å². The minimum absolute atomic E-state index is 0.892. The van der Waals surface area contributed by atoms with Gasteiger partial charge in [0.05, 0.1) is 0 Å². The summed E-state index contributed by atoms with van der Waals surface area (Å²) < 4.78 is 0. The Labute approximate surface area is 80.4 Å². The Bertz CT molecular complexity index is 269. The monoisotopic (exact) mass is 178 g/mol. The van der Waals surface area contributed by atoms with Gasteiger partial charge in [0, 0.05) is 11.9 Å². The maximum absolute atomic E-state index is 4.47. The van der Waals surface area contributed by atoms with Gasteiger partial charge in [0.2, 0.25) is 0 Å². The number of aryl methyl sites for hydroxylation is 3. The van der Waals surface area contributed by atoms with Crippen LogP contribution in [0.4, 0.5) is 0 Å². The van der Waals surface area contributed by atoms with E-state index in [9.17, 15) is 0 Å². The Hall–Kier alpha value is -0.920. The van der Waals surface area contributed by atoms with Crippen molar-refractivity contribution in [2.24, 2.45) is 0 Å². The van der Waals surface area contributed by atoms with Gasteiger partial charge in [-0.05, 0) is 25.3 Å². The summed E-state index contributed by atoms with van der Waals surface area (Å²) in [5, 5.41) is 0. The second-order valence-corrected chi connectivity index (χ2v) is 3.39. The highest BCUT2D eigenvalue weighted by Gasteiger charge is 2.03. The summed E-state index contributed by atoms with van der Waals surface area (Å²) in [7, 11) is 0. The third-order valence-electron chi connectivity index (χ3n) is 2.08. The molecule has 0 unspecified atom stereocenters. The van der Waals surface area contributed by atoms with E-state index in [2.05, 4.69) is 23.8 Å². The maximum atomic E-state index is 4.47. The maximum Gasteiger partial charge on any atom is 0.125 e. The number of hydrogen-bond donors (Lipinski definition) is 0. The average molecular weight is 178 g/mol. The lowest BCUT2D eigenvalue weighted by molar-refractivity contribution is 0.802. The first kappa shape index (κ1) is 10.2. The van der Waals surface area contributed by atoms with Gasteiger partial charge < -0.3 is 0 Å². The van der Waals surface area contributed by atoms with E-state index >= 15 is 0 Å². The van der Waals surface area contributed by atoms with Crippen LogP contribution in [-0.2, 0) is 12.8 Å². The SMILES string of the molecule is CCCc1cnc(C)nc1CCC. The lowest BCUT2D eigenvalue weighted by Gasteiger charge is -2.06. The molecule has 0 aliphatic rings. The van der Waals surface area contributed by atoms with Gasteiger partial charge in [-0.1, -0.05) is 26.7 Å². The molecule has 1 aromatic heterocycles. The molecule has 0 bridgehead atoms. The van der Waals surface area contributed by atoms with Gasteiger partial charge in [0.25, 0.3) is 0 Å². The predicted octanol–water partition coefficient (Wildman–Crippen LogP) is 2.69. The molecule has 0 fully saturated rings. The Balaban J connectivity index is 2.89. The van der Waals surface area contributed by atoms with Crippen molar-refractivity contribution in [2.75, 3.05) is 0 Å². The minimum Gasteiger partial charge on any atom is -0.241 e.